The molecule has 0 aromatic heterocycles. The Morgan fingerprint density at radius 2 is 1.71 bits per heavy atom. The summed E-state index contributed by atoms with van der Waals surface area (Å²) >= 11 is 0. The highest BCUT2D eigenvalue weighted by molar-refractivity contribution is 7.88. The van der Waals surface area contributed by atoms with Gasteiger partial charge in [0.25, 0.3) is 0 Å². The van der Waals surface area contributed by atoms with E-state index in [9.17, 15) is 26.4 Å². The van der Waals surface area contributed by atoms with Crippen LogP contribution in [0.1, 0.15) is 6.42 Å². The molecule has 0 aliphatic carbocycles. The van der Waals surface area contributed by atoms with Crippen molar-refractivity contribution in [2.45, 2.75) is 6.42 Å². The molecule has 0 saturated heterocycles. The largest absolute Gasteiger partial charge is 0.323 e. The number of carbonyl (C=O) groups is 1. The maximum atomic E-state index is 13.5. The quantitative estimate of drug-likeness (QED) is 0.703. The Morgan fingerprint density at radius 1 is 1.08 bits per heavy atom. The van der Waals surface area contributed by atoms with E-state index in [1.807, 2.05) is 0 Å². The zero-order valence-electron chi connectivity index (χ0n) is 13.6. The molecule has 0 atom stereocenters. The number of nitrogens with zero attached hydrogens (tertiary/aromatic N) is 2. The first-order chi connectivity index (χ1) is 11.0. The van der Waals surface area contributed by atoms with E-state index in [1.54, 1.807) is 19.0 Å². The van der Waals surface area contributed by atoms with Gasteiger partial charge in [-0.05, 0) is 26.2 Å². The predicted molar refractivity (Wildman–Crippen MR) is 84.5 cm³/mol. The van der Waals surface area contributed by atoms with E-state index in [-0.39, 0.29) is 19.5 Å². The number of anilines is 1. The Labute approximate surface area is 139 Å². The second-order valence-corrected chi connectivity index (χ2v) is 7.47. The number of nitrogens with one attached hydrogen (secondary N) is 1. The van der Waals surface area contributed by atoms with Crippen LogP contribution in [0.2, 0.25) is 0 Å². The lowest BCUT2D eigenvalue weighted by Crippen LogP contribution is -2.37. The lowest BCUT2D eigenvalue weighted by Gasteiger charge is -2.21. The fourth-order valence-electron chi connectivity index (χ4n) is 1.82. The van der Waals surface area contributed by atoms with Crippen LogP contribution in [-0.4, -0.2) is 63.5 Å². The van der Waals surface area contributed by atoms with Gasteiger partial charge in [0.2, 0.25) is 15.9 Å². The molecule has 0 fully saturated rings. The molecule has 0 spiro atoms. The van der Waals surface area contributed by atoms with E-state index >= 15 is 0 Å². The van der Waals surface area contributed by atoms with Crippen LogP contribution in [-0.2, 0) is 14.8 Å². The van der Waals surface area contributed by atoms with Gasteiger partial charge < -0.3 is 10.2 Å². The SMILES string of the molecule is CN(C)CCN(CCC(=O)Nc1ccc(F)c(F)c1F)S(C)(=O)=O. The summed E-state index contributed by atoms with van der Waals surface area (Å²) in [4.78, 5) is 13.6. The van der Waals surface area contributed by atoms with Crippen molar-refractivity contribution in [2.75, 3.05) is 45.3 Å². The van der Waals surface area contributed by atoms with Gasteiger partial charge in [-0.15, -0.1) is 0 Å². The summed E-state index contributed by atoms with van der Waals surface area (Å²) in [6.45, 7) is 0.551. The lowest BCUT2D eigenvalue weighted by atomic mass is 10.2. The lowest BCUT2D eigenvalue weighted by molar-refractivity contribution is -0.116. The first-order valence-corrected chi connectivity index (χ1v) is 8.90. The van der Waals surface area contributed by atoms with Crippen LogP contribution in [0.4, 0.5) is 18.9 Å². The van der Waals surface area contributed by atoms with Gasteiger partial charge in [-0.2, -0.15) is 0 Å². The number of halogens is 3. The van der Waals surface area contributed by atoms with Crippen molar-refractivity contribution >= 4 is 21.6 Å². The molecule has 6 nitrogen and oxygen atoms in total. The molecule has 0 radical (unpaired) electrons. The van der Waals surface area contributed by atoms with Crippen LogP contribution in [0.5, 0.6) is 0 Å². The fraction of sp³-hybridized carbons (Fsp3) is 0.500. The molecule has 0 aliphatic rings. The van der Waals surface area contributed by atoms with Crippen LogP contribution in [0.25, 0.3) is 0 Å². The summed E-state index contributed by atoms with van der Waals surface area (Å²) in [6, 6.07) is 1.58. The Balaban J connectivity index is 2.68. The molecule has 1 amide bonds. The minimum absolute atomic E-state index is 0.107. The highest BCUT2D eigenvalue weighted by Crippen LogP contribution is 2.19. The van der Waals surface area contributed by atoms with Crippen LogP contribution in [0.3, 0.4) is 0 Å². The average molecular weight is 367 g/mol. The van der Waals surface area contributed by atoms with Gasteiger partial charge >= 0.3 is 0 Å². The van der Waals surface area contributed by atoms with Crippen molar-refractivity contribution in [2.24, 2.45) is 0 Å². The first-order valence-electron chi connectivity index (χ1n) is 7.05. The van der Waals surface area contributed by atoms with Crippen molar-refractivity contribution in [3.8, 4) is 0 Å². The molecule has 0 unspecified atom stereocenters. The number of rotatable bonds is 8. The third-order valence-corrected chi connectivity index (χ3v) is 4.47. The van der Waals surface area contributed by atoms with Crippen molar-refractivity contribution in [3.05, 3.63) is 29.6 Å². The third kappa shape index (κ3) is 6.10. The Morgan fingerprint density at radius 3 is 2.25 bits per heavy atom. The fourth-order valence-corrected chi connectivity index (χ4v) is 2.65. The second-order valence-electron chi connectivity index (χ2n) is 5.49. The van der Waals surface area contributed by atoms with E-state index in [0.717, 1.165) is 16.6 Å². The minimum Gasteiger partial charge on any atom is -0.323 e. The molecular weight excluding hydrogens is 347 g/mol. The molecule has 24 heavy (non-hydrogen) atoms. The number of amides is 1. The van der Waals surface area contributed by atoms with Crippen LogP contribution in [0.15, 0.2) is 12.1 Å². The molecule has 0 bridgehead atoms. The molecule has 0 heterocycles. The zero-order chi connectivity index (χ0) is 18.5. The average Bonchev–Trinajstić information content (AvgIpc) is 2.46. The summed E-state index contributed by atoms with van der Waals surface area (Å²) in [5, 5.41) is 2.10. The topological polar surface area (TPSA) is 69.7 Å². The van der Waals surface area contributed by atoms with E-state index in [2.05, 4.69) is 5.32 Å². The molecule has 10 heteroatoms. The normalized spacial score (nSPS) is 12.0. The third-order valence-electron chi connectivity index (χ3n) is 3.16. The zero-order valence-corrected chi connectivity index (χ0v) is 14.5. The summed E-state index contributed by atoms with van der Waals surface area (Å²) in [5.74, 6) is -5.26. The van der Waals surface area contributed by atoms with Gasteiger partial charge in [0, 0.05) is 26.1 Å². The number of carbonyl (C=O) groups excluding carboxylic acids is 1. The van der Waals surface area contributed by atoms with E-state index in [4.69, 9.17) is 0 Å². The molecule has 1 rings (SSSR count). The van der Waals surface area contributed by atoms with Crippen molar-refractivity contribution < 1.29 is 26.4 Å². The number of benzene rings is 1. The van der Waals surface area contributed by atoms with Gasteiger partial charge in [0.05, 0.1) is 11.9 Å². The van der Waals surface area contributed by atoms with E-state index in [1.165, 1.54) is 0 Å². The second kappa shape index (κ2) is 8.45. The van der Waals surface area contributed by atoms with E-state index < -0.39 is 39.1 Å². The highest BCUT2D eigenvalue weighted by atomic mass is 32.2. The molecule has 0 aliphatic heterocycles. The Kier molecular flexibility index (Phi) is 7.18. The van der Waals surface area contributed by atoms with Crippen molar-refractivity contribution in [3.63, 3.8) is 0 Å². The van der Waals surface area contributed by atoms with Gasteiger partial charge in [-0.1, -0.05) is 0 Å². The predicted octanol–water partition coefficient (Wildman–Crippen LogP) is 1.26. The molecule has 1 aromatic rings. The van der Waals surface area contributed by atoms with E-state index in [0.29, 0.717) is 12.6 Å². The Bertz CT molecular complexity index is 696. The maximum Gasteiger partial charge on any atom is 0.225 e. The number of hydrogen-bond donors (Lipinski definition) is 1. The maximum absolute atomic E-state index is 13.5. The molecular formula is C14H20F3N3O3S. The van der Waals surface area contributed by atoms with Crippen LogP contribution >= 0.6 is 0 Å². The Hall–Kier alpha value is -1.65. The number of likely N-dealkylation sites (N-methyl/N-ethyl adjacent to an activating group) is 1. The monoisotopic (exact) mass is 367 g/mol. The summed E-state index contributed by atoms with van der Waals surface area (Å²) in [7, 11) is 0.0470. The van der Waals surface area contributed by atoms with Crippen LogP contribution in [0, 0.1) is 17.5 Å². The highest BCUT2D eigenvalue weighted by Gasteiger charge is 2.19. The smallest absolute Gasteiger partial charge is 0.225 e. The molecule has 136 valence electrons. The number of hydrogen-bond acceptors (Lipinski definition) is 4. The van der Waals surface area contributed by atoms with Crippen molar-refractivity contribution in [1.82, 2.24) is 9.21 Å². The molecule has 1 N–H and O–H groups in total. The van der Waals surface area contributed by atoms with Crippen molar-refractivity contribution in [1.29, 1.82) is 0 Å². The summed E-state index contributed by atoms with van der Waals surface area (Å²) < 4.78 is 63.9. The standard InChI is InChI=1S/C14H20F3N3O3S/c1-19(2)8-9-20(24(3,22)23)7-6-12(21)18-11-5-4-10(15)13(16)14(11)17/h4-5H,6-9H2,1-3H3,(H,18,21). The first kappa shape index (κ1) is 20.4. The minimum atomic E-state index is -3.51. The molecule has 0 saturated carbocycles. The van der Waals surface area contributed by atoms with Gasteiger partial charge in [-0.25, -0.2) is 25.9 Å². The van der Waals surface area contributed by atoms with Gasteiger partial charge in [0.15, 0.2) is 17.5 Å². The summed E-state index contributed by atoms with van der Waals surface area (Å²) in [5.41, 5.74) is -0.502. The van der Waals surface area contributed by atoms with Gasteiger partial charge in [0.1, 0.15) is 0 Å². The van der Waals surface area contributed by atoms with Crippen LogP contribution < -0.4 is 5.32 Å². The number of sulfonamides is 1. The van der Waals surface area contributed by atoms with Gasteiger partial charge in [-0.3, -0.25) is 4.79 Å². The summed E-state index contributed by atoms with van der Waals surface area (Å²) in [6.07, 6.45) is 0.772. The molecule has 1 aromatic carbocycles.